The Morgan fingerprint density at radius 2 is 1.91 bits per heavy atom. The lowest BCUT2D eigenvalue weighted by molar-refractivity contribution is 0.0953. The standard InChI is InChI=1S/C26H26ClN3O2/c1-19-7-4-10-22(17-19)32-16-15-30-24-12-3-2-11-23(24)29-25(30)13-6-14-28-26(31)20-8-5-9-21(27)18-20/h2-5,7-12,17-18H,6,13-16H2,1H3,(H,28,31). The van der Waals surface area contributed by atoms with E-state index >= 15 is 0 Å². The van der Waals surface area contributed by atoms with Crippen molar-refractivity contribution in [1.29, 1.82) is 0 Å². The second-order valence-corrected chi connectivity index (χ2v) is 8.14. The molecule has 0 atom stereocenters. The summed E-state index contributed by atoms with van der Waals surface area (Å²) in [4.78, 5) is 17.1. The predicted molar refractivity (Wildman–Crippen MR) is 129 cm³/mol. The van der Waals surface area contributed by atoms with E-state index in [1.807, 2.05) is 36.4 Å². The molecule has 0 aliphatic rings. The van der Waals surface area contributed by atoms with Crippen LogP contribution in [0, 0.1) is 6.92 Å². The molecule has 0 aliphatic heterocycles. The van der Waals surface area contributed by atoms with Crippen molar-refractivity contribution in [3.8, 4) is 5.75 Å². The van der Waals surface area contributed by atoms with Crippen LogP contribution in [0.5, 0.6) is 5.75 Å². The van der Waals surface area contributed by atoms with Crippen molar-refractivity contribution in [3.63, 3.8) is 0 Å². The number of para-hydroxylation sites is 2. The van der Waals surface area contributed by atoms with Crippen molar-refractivity contribution in [3.05, 3.63) is 94.8 Å². The van der Waals surface area contributed by atoms with Gasteiger partial charge in [-0.1, -0.05) is 41.9 Å². The van der Waals surface area contributed by atoms with Gasteiger partial charge in [0.1, 0.15) is 18.2 Å². The van der Waals surface area contributed by atoms with Crippen LogP contribution >= 0.6 is 11.6 Å². The van der Waals surface area contributed by atoms with Crippen LogP contribution in [0.3, 0.4) is 0 Å². The summed E-state index contributed by atoms with van der Waals surface area (Å²) in [6.07, 6.45) is 1.54. The van der Waals surface area contributed by atoms with E-state index in [1.54, 1.807) is 24.3 Å². The fourth-order valence-corrected chi connectivity index (χ4v) is 3.90. The van der Waals surface area contributed by atoms with Crippen molar-refractivity contribution < 1.29 is 9.53 Å². The topological polar surface area (TPSA) is 56.1 Å². The molecule has 32 heavy (non-hydrogen) atoms. The molecule has 0 radical (unpaired) electrons. The number of hydrogen-bond acceptors (Lipinski definition) is 3. The zero-order valence-electron chi connectivity index (χ0n) is 18.1. The van der Waals surface area contributed by atoms with Crippen LogP contribution in [-0.4, -0.2) is 28.6 Å². The quantitative estimate of drug-likeness (QED) is 0.347. The maximum Gasteiger partial charge on any atom is 0.251 e. The molecule has 0 aliphatic carbocycles. The molecule has 0 unspecified atom stereocenters. The summed E-state index contributed by atoms with van der Waals surface area (Å²) in [5, 5.41) is 3.52. The number of halogens is 1. The highest BCUT2D eigenvalue weighted by Gasteiger charge is 2.11. The summed E-state index contributed by atoms with van der Waals surface area (Å²) in [6.45, 7) is 3.88. The normalized spacial score (nSPS) is 10.9. The van der Waals surface area contributed by atoms with Gasteiger partial charge in [0.2, 0.25) is 0 Å². The number of benzene rings is 3. The summed E-state index contributed by atoms with van der Waals surface area (Å²) in [7, 11) is 0. The lowest BCUT2D eigenvalue weighted by Gasteiger charge is -2.11. The number of nitrogens with zero attached hydrogens (tertiary/aromatic N) is 2. The molecule has 0 spiro atoms. The van der Waals surface area contributed by atoms with Gasteiger partial charge in [-0.05, 0) is 61.4 Å². The molecule has 4 aromatic rings. The van der Waals surface area contributed by atoms with E-state index < -0.39 is 0 Å². The minimum atomic E-state index is -0.118. The number of fused-ring (bicyclic) bond motifs is 1. The monoisotopic (exact) mass is 447 g/mol. The third-order valence-electron chi connectivity index (χ3n) is 5.26. The maximum atomic E-state index is 12.3. The van der Waals surface area contributed by atoms with Gasteiger partial charge in [0.15, 0.2) is 0 Å². The van der Waals surface area contributed by atoms with E-state index in [9.17, 15) is 4.79 Å². The largest absolute Gasteiger partial charge is 0.492 e. The van der Waals surface area contributed by atoms with Crippen molar-refractivity contribution in [1.82, 2.24) is 14.9 Å². The van der Waals surface area contributed by atoms with Gasteiger partial charge in [0.25, 0.3) is 5.91 Å². The highest BCUT2D eigenvalue weighted by molar-refractivity contribution is 6.30. The van der Waals surface area contributed by atoms with Gasteiger partial charge in [-0.2, -0.15) is 0 Å². The molecular formula is C26H26ClN3O2. The molecule has 1 aromatic heterocycles. The van der Waals surface area contributed by atoms with Crippen LogP contribution in [0.4, 0.5) is 0 Å². The maximum absolute atomic E-state index is 12.3. The fourth-order valence-electron chi connectivity index (χ4n) is 3.71. The number of carbonyl (C=O) groups excluding carboxylic acids is 1. The third kappa shape index (κ3) is 5.48. The van der Waals surface area contributed by atoms with Crippen molar-refractivity contribution >= 4 is 28.5 Å². The Labute approximate surface area is 193 Å². The number of amides is 1. The molecular weight excluding hydrogens is 422 g/mol. The zero-order valence-corrected chi connectivity index (χ0v) is 18.8. The number of carbonyl (C=O) groups is 1. The molecule has 4 rings (SSSR count). The summed E-state index contributed by atoms with van der Waals surface area (Å²) >= 11 is 5.97. The minimum absolute atomic E-state index is 0.118. The van der Waals surface area contributed by atoms with Crippen LogP contribution in [-0.2, 0) is 13.0 Å². The molecule has 1 N–H and O–H groups in total. The summed E-state index contributed by atoms with van der Waals surface area (Å²) in [5.74, 6) is 1.75. The Morgan fingerprint density at radius 3 is 2.75 bits per heavy atom. The average molecular weight is 448 g/mol. The highest BCUT2D eigenvalue weighted by Crippen LogP contribution is 2.18. The average Bonchev–Trinajstić information content (AvgIpc) is 3.14. The molecule has 3 aromatic carbocycles. The van der Waals surface area contributed by atoms with E-state index in [-0.39, 0.29) is 5.91 Å². The van der Waals surface area contributed by atoms with E-state index in [1.165, 1.54) is 5.56 Å². The lowest BCUT2D eigenvalue weighted by Crippen LogP contribution is -2.25. The second kappa shape index (κ2) is 10.3. The molecule has 0 fully saturated rings. The fraction of sp³-hybridized carbons (Fsp3) is 0.231. The Balaban J connectivity index is 1.37. The number of imidazole rings is 1. The molecule has 164 valence electrons. The second-order valence-electron chi connectivity index (χ2n) is 7.70. The van der Waals surface area contributed by atoms with Crippen molar-refractivity contribution in [2.75, 3.05) is 13.2 Å². The van der Waals surface area contributed by atoms with Crippen LogP contribution in [0.2, 0.25) is 5.02 Å². The number of ether oxygens (including phenoxy) is 1. The van der Waals surface area contributed by atoms with Crippen LogP contribution in [0.15, 0.2) is 72.8 Å². The number of aromatic nitrogens is 2. The Morgan fingerprint density at radius 1 is 1.06 bits per heavy atom. The van der Waals surface area contributed by atoms with E-state index in [2.05, 4.69) is 28.9 Å². The first-order chi connectivity index (χ1) is 15.6. The third-order valence-corrected chi connectivity index (χ3v) is 5.49. The Bertz CT molecular complexity index is 1220. The number of aryl methyl sites for hydroxylation is 2. The first-order valence-electron chi connectivity index (χ1n) is 10.8. The molecule has 6 heteroatoms. The van der Waals surface area contributed by atoms with Gasteiger partial charge in [-0.15, -0.1) is 0 Å². The molecule has 0 saturated heterocycles. The smallest absolute Gasteiger partial charge is 0.251 e. The summed E-state index contributed by atoms with van der Waals surface area (Å²) < 4.78 is 8.18. The molecule has 1 amide bonds. The van der Waals surface area contributed by atoms with Gasteiger partial charge >= 0.3 is 0 Å². The van der Waals surface area contributed by atoms with Gasteiger partial charge < -0.3 is 14.6 Å². The molecule has 0 saturated carbocycles. The molecule has 1 heterocycles. The first kappa shape index (κ1) is 21.9. The highest BCUT2D eigenvalue weighted by atomic mass is 35.5. The number of rotatable bonds is 9. The van der Waals surface area contributed by atoms with Gasteiger partial charge in [0, 0.05) is 23.6 Å². The molecule has 0 bridgehead atoms. The van der Waals surface area contributed by atoms with E-state index in [4.69, 9.17) is 21.3 Å². The minimum Gasteiger partial charge on any atom is -0.492 e. The van der Waals surface area contributed by atoms with E-state index in [0.29, 0.717) is 30.3 Å². The number of nitrogens with one attached hydrogen (secondary N) is 1. The predicted octanol–water partition coefficient (Wildman–Crippen LogP) is 5.44. The number of hydrogen-bond donors (Lipinski definition) is 1. The Kier molecular flexibility index (Phi) is 7.07. The van der Waals surface area contributed by atoms with Crippen LogP contribution < -0.4 is 10.1 Å². The van der Waals surface area contributed by atoms with Gasteiger partial charge in [0.05, 0.1) is 17.6 Å². The SMILES string of the molecule is Cc1cccc(OCCn2c(CCCNC(=O)c3cccc(Cl)c3)nc3ccccc32)c1. The van der Waals surface area contributed by atoms with Crippen molar-refractivity contribution in [2.45, 2.75) is 26.3 Å². The van der Waals surface area contributed by atoms with Crippen LogP contribution in [0.1, 0.15) is 28.2 Å². The summed E-state index contributed by atoms with van der Waals surface area (Å²) in [6, 6.07) is 23.2. The summed E-state index contributed by atoms with van der Waals surface area (Å²) in [5.41, 5.74) is 3.81. The van der Waals surface area contributed by atoms with E-state index in [0.717, 1.165) is 35.4 Å². The molecule has 5 nitrogen and oxygen atoms in total. The first-order valence-corrected chi connectivity index (χ1v) is 11.2. The van der Waals surface area contributed by atoms with Gasteiger partial charge in [-0.3, -0.25) is 4.79 Å². The van der Waals surface area contributed by atoms with Gasteiger partial charge in [-0.25, -0.2) is 4.98 Å². The lowest BCUT2D eigenvalue weighted by atomic mass is 10.2. The Hall–Kier alpha value is -3.31. The van der Waals surface area contributed by atoms with Crippen LogP contribution in [0.25, 0.3) is 11.0 Å². The zero-order chi connectivity index (χ0) is 22.3. The van der Waals surface area contributed by atoms with Crippen molar-refractivity contribution in [2.24, 2.45) is 0 Å².